The van der Waals surface area contributed by atoms with Crippen LogP contribution < -0.4 is 5.32 Å². The average Bonchev–Trinajstić information content (AvgIpc) is 2.51. The standard InChI is InChI=1S/C14H23N3O6/c1-9-5-15-11(6-16-3-4-22-8-10(16)2)7-17(9)14(21)23-13(20)12(18)19/h9-11,15H,3-8H2,1-2H3,(H,18,19)/t9-,10+,11-/m0/s1. The van der Waals surface area contributed by atoms with Gasteiger partial charge in [0.25, 0.3) is 0 Å². The first-order valence-corrected chi connectivity index (χ1v) is 7.69. The molecular weight excluding hydrogens is 306 g/mol. The van der Waals surface area contributed by atoms with Crippen LogP contribution in [0.4, 0.5) is 4.79 Å². The second-order valence-corrected chi connectivity index (χ2v) is 5.99. The van der Waals surface area contributed by atoms with Gasteiger partial charge in [0, 0.05) is 44.3 Å². The van der Waals surface area contributed by atoms with Gasteiger partial charge in [-0.3, -0.25) is 4.90 Å². The largest absolute Gasteiger partial charge is 0.473 e. The van der Waals surface area contributed by atoms with Crippen LogP contribution in [-0.2, 0) is 19.1 Å². The van der Waals surface area contributed by atoms with Crippen molar-refractivity contribution < 1.29 is 29.0 Å². The number of carbonyl (C=O) groups is 3. The molecule has 1 amide bonds. The van der Waals surface area contributed by atoms with E-state index in [1.807, 2.05) is 6.92 Å². The third-order valence-corrected chi connectivity index (χ3v) is 4.20. The molecule has 0 bridgehead atoms. The van der Waals surface area contributed by atoms with E-state index in [1.54, 1.807) is 0 Å². The Bertz CT molecular complexity index is 471. The van der Waals surface area contributed by atoms with E-state index in [-0.39, 0.29) is 12.1 Å². The van der Waals surface area contributed by atoms with Gasteiger partial charge in [-0.05, 0) is 13.8 Å². The summed E-state index contributed by atoms with van der Waals surface area (Å²) in [4.78, 5) is 37.2. The molecule has 2 aliphatic heterocycles. The molecule has 0 radical (unpaired) electrons. The number of esters is 1. The van der Waals surface area contributed by atoms with E-state index in [0.717, 1.165) is 13.1 Å². The summed E-state index contributed by atoms with van der Waals surface area (Å²) in [6, 6.07) is 0.153. The van der Waals surface area contributed by atoms with Crippen LogP contribution in [0, 0.1) is 0 Å². The topological polar surface area (TPSA) is 108 Å². The van der Waals surface area contributed by atoms with E-state index in [1.165, 1.54) is 4.90 Å². The summed E-state index contributed by atoms with van der Waals surface area (Å²) in [7, 11) is 0. The minimum Gasteiger partial charge on any atom is -0.473 e. The lowest BCUT2D eigenvalue weighted by Gasteiger charge is -2.41. The van der Waals surface area contributed by atoms with Crippen molar-refractivity contribution in [2.45, 2.75) is 32.0 Å². The monoisotopic (exact) mass is 329 g/mol. The Balaban J connectivity index is 1.91. The Morgan fingerprint density at radius 3 is 2.70 bits per heavy atom. The summed E-state index contributed by atoms with van der Waals surface area (Å²) >= 11 is 0. The predicted molar refractivity (Wildman–Crippen MR) is 78.9 cm³/mol. The molecule has 3 atom stereocenters. The van der Waals surface area contributed by atoms with Crippen LogP contribution in [0.2, 0.25) is 0 Å². The van der Waals surface area contributed by atoms with Gasteiger partial charge < -0.3 is 24.8 Å². The second-order valence-electron chi connectivity index (χ2n) is 5.99. The van der Waals surface area contributed by atoms with Crippen molar-refractivity contribution in [2.24, 2.45) is 0 Å². The fourth-order valence-electron chi connectivity index (χ4n) is 2.80. The Morgan fingerprint density at radius 1 is 1.30 bits per heavy atom. The van der Waals surface area contributed by atoms with E-state index >= 15 is 0 Å². The molecule has 0 unspecified atom stereocenters. The van der Waals surface area contributed by atoms with Crippen LogP contribution in [-0.4, -0.2) is 90.5 Å². The number of aliphatic carboxylic acids is 1. The van der Waals surface area contributed by atoms with Gasteiger partial charge in [0.15, 0.2) is 0 Å². The molecule has 2 N–H and O–H groups in total. The third-order valence-electron chi connectivity index (χ3n) is 4.20. The number of carbonyl (C=O) groups excluding carboxylic acids is 2. The number of amides is 1. The molecule has 0 aromatic rings. The highest BCUT2D eigenvalue weighted by atomic mass is 16.6. The van der Waals surface area contributed by atoms with Crippen LogP contribution in [0.25, 0.3) is 0 Å². The molecule has 2 saturated heterocycles. The van der Waals surface area contributed by atoms with E-state index < -0.39 is 18.0 Å². The summed E-state index contributed by atoms with van der Waals surface area (Å²) < 4.78 is 9.77. The van der Waals surface area contributed by atoms with Gasteiger partial charge in [-0.2, -0.15) is 0 Å². The highest BCUT2D eigenvalue weighted by Gasteiger charge is 2.33. The summed E-state index contributed by atoms with van der Waals surface area (Å²) in [5.41, 5.74) is 0. The van der Waals surface area contributed by atoms with Crippen molar-refractivity contribution >= 4 is 18.0 Å². The van der Waals surface area contributed by atoms with E-state index in [2.05, 4.69) is 21.9 Å². The number of ether oxygens (including phenoxy) is 2. The zero-order valence-electron chi connectivity index (χ0n) is 13.4. The summed E-state index contributed by atoms with van der Waals surface area (Å²) in [5, 5.41) is 11.9. The quantitative estimate of drug-likeness (QED) is 0.382. The summed E-state index contributed by atoms with van der Waals surface area (Å²) in [5.74, 6) is -3.33. The van der Waals surface area contributed by atoms with Crippen molar-refractivity contribution in [3.8, 4) is 0 Å². The number of carboxylic acid groups (broad SMARTS) is 1. The predicted octanol–water partition coefficient (Wildman–Crippen LogP) is -0.883. The highest BCUT2D eigenvalue weighted by molar-refractivity contribution is 6.30. The highest BCUT2D eigenvalue weighted by Crippen LogP contribution is 2.13. The Morgan fingerprint density at radius 2 is 2.04 bits per heavy atom. The zero-order valence-corrected chi connectivity index (χ0v) is 13.4. The number of hydrogen-bond acceptors (Lipinski definition) is 7. The maximum atomic E-state index is 12.0. The first-order chi connectivity index (χ1) is 10.9. The van der Waals surface area contributed by atoms with Crippen LogP contribution >= 0.6 is 0 Å². The number of nitrogens with one attached hydrogen (secondary N) is 1. The zero-order chi connectivity index (χ0) is 17.0. The average molecular weight is 329 g/mol. The first-order valence-electron chi connectivity index (χ1n) is 7.69. The minimum absolute atomic E-state index is 0.0271. The van der Waals surface area contributed by atoms with Crippen molar-refractivity contribution in [1.82, 2.24) is 15.1 Å². The van der Waals surface area contributed by atoms with Gasteiger partial charge >= 0.3 is 18.0 Å². The fraction of sp³-hybridized carbons (Fsp3) is 0.786. The third kappa shape index (κ3) is 4.63. The molecular formula is C14H23N3O6. The molecule has 9 nitrogen and oxygen atoms in total. The minimum atomic E-state index is -1.78. The lowest BCUT2D eigenvalue weighted by Crippen LogP contribution is -2.61. The first kappa shape index (κ1) is 17.6. The number of nitrogens with zero attached hydrogens (tertiary/aromatic N) is 2. The normalized spacial score (nSPS) is 29.1. The second kappa shape index (κ2) is 7.71. The number of piperazine rings is 1. The molecule has 2 aliphatic rings. The lowest BCUT2D eigenvalue weighted by atomic mass is 10.1. The molecule has 2 rings (SSSR count). The number of carboxylic acids is 1. The molecule has 0 saturated carbocycles. The van der Waals surface area contributed by atoms with Gasteiger partial charge in [0.2, 0.25) is 0 Å². The maximum Gasteiger partial charge on any atom is 0.426 e. The smallest absolute Gasteiger partial charge is 0.426 e. The number of morpholine rings is 1. The molecule has 23 heavy (non-hydrogen) atoms. The van der Waals surface area contributed by atoms with Crippen LogP contribution in [0.3, 0.4) is 0 Å². The molecule has 0 spiro atoms. The van der Waals surface area contributed by atoms with Gasteiger partial charge in [0.05, 0.1) is 13.2 Å². The van der Waals surface area contributed by atoms with E-state index in [4.69, 9.17) is 9.84 Å². The summed E-state index contributed by atoms with van der Waals surface area (Å²) in [6.07, 6.45) is -0.911. The van der Waals surface area contributed by atoms with Crippen LogP contribution in [0.1, 0.15) is 13.8 Å². The summed E-state index contributed by atoms with van der Waals surface area (Å²) in [6.45, 7) is 7.76. The Labute approximate surface area is 134 Å². The number of rotatable bonds is 2. The fourth-order valence-corrected chi connectivity index (χ4v) is 2.80. The molecule has 0 aromatic carbocycles. The molecule has 130 valence electrons. The van der Waals surface area contributed by atoms with E-state index in [9.17, 15) is 14.4 Å². The molecule has 9 heteroatoms. The number of hydrogen-bond donors (Lipinski definition) is 2. The van der Waals surface area contributed by atoms with Gasteiger partial charge in [-0.25, -0.2) is 14.4 Å². The van der Waals surface area contributed by atoms with E-state index in [0.29, 0.717) is 32.3 Å². The molecule has 2 fully saturated rings. The Hall–Kier alpha value is -1.71. The van der Waals surface area contributed by atoms with Crippen molar-refractivity contribution in [2.75, 3.05) is 39.4 Å². The van der Waals surface area contributed by atoms with Crippen molar-refractivity contribution in [3.05, 3.63) is 0 Å². The maximum absolute atomic E-state index is 12.0. The molecule has 2 heterocycles. The van der Waals surface area contributed by atoms with Crippen molar-refractivity contribution in [3.63, 3.8) is 0 Å². The van der Waals surface area contributed by atoms with Crippen molar-refractivity contribution in [1.29, 1.82) is 0 Å². The van der Waals surface area contributed by atoms with Gasteiger partial charge in [-0.1, -0.05) is 0 Å². The lowest BCUT2D eigenvalue weighted by molar-refractivity contribution is -0.160. The molecule has 0 aliphatic carbocycles. The molecule has 0 aromatic heterocycles. The van der Waals surface area contributed by atoms with Crippen LogP contribution in [0.15, 0.2) is 0 Å². The Kier molecular flexibility index (Phi) is 5.91. The van der Waals surface area contributed by atoms with Crippen LogP contribution in [0.5, 0.6) is 0 Å². The SMILES string of the molecule is C[C@@H]1COCCN1C[C@H]1CN(C(=O)OC(=O)C(=O)O)[C@@H](C)CN1. The van der Waals surface area contributed by atoms with Gasteiger partial charge in [0.1, 0.15) is 0 Å². The van der Waals surface area contributed by atoms with Gasteiger partial charge in [-0.15, -0.1) is 0 Å².